The molecule has 2 atom stereocenters. The molecule has 2 N–H and O–H groups in total. The molecule has 8 aromatic rings. The van der Waals surface area contributed by atoms with Crippen LogP contribution in [0.4, 0.5) is 52.7 Å². The van der Waals surface area contributed by atoms with Crippen molar-refractivity contribution in [2.45, 2.75) is 35.5 Å². The fourth-order valence-electron chi connectivity index (χ4n) is 10.3. The summed E-state index contributed by atoms with van der Waals surface area (Å²) in [5.41, 5.74) is -6.76. The molecule has 0 aromatic heterocycles. The van der Waals surface area contributed by atoms with Crippen molar-refractivity contribution >= 4 is 0 Å². The molecule has 0 heterocycles. The van der Waals surface area contributed by atoms with Gasteiger partial charge in [0.15, 0.2) is 0 Å². The minimum absolute atomic E-state index is 0.0389. The number of alkyl halides is 12. The van der Waals surface area contributed by atoms with Crippen molar-refractivity contribution in [3.8, 4) is 44.9 Å². The average Bonchev–Trinajstić information content (AvgIpc) is 3.76. The summed E-state index contributed by atoms with van der Waals surface area (Å²) in [7, 11) is 0. The Morgan fingerprint density at radius 1 is 0.279 bits per heavy atom. The predicted octanol–water partition coefficient (Wildman–Crippen LogP) is 15.6. The summed E-state index contributed by atoms with van der Waals surface area (Å²) in [6.45, 7) is 0. The number of phenols is 2. The Kier molecular flexibility index (Phi) is 9.79. The topological polar surface area (TPSA) is 40.5 Å². The quantitative estimate of drug-likeness (QED) is 0.169. The molecule has 8 aromatic carbocycles. The lowest BCUT2D eigenvalue weighted by molar-refractivity contribution is -0.144. The molecule has 2 nitrogen and oxygen atoms in total. The third-order valence-corrected chi connectivity index (χ3v) is 13.1. The lowest BCUT2D eigenvalue weighted by atomic mass is 9.66. The third-order valence-electron chi connectivity index (χ3n) is 13.1. The molecule has 342 valence electrons. The average molecular weight is 939 g/mol. The lowest BCUT2D eigenvalue weighted by Crippen LogP contribution is -2.30. The van der Waals surface area contributed by atoms with Crippen LogP contribution >= 0.6 is 0 Å². The van der Waals surface area contributed by atoms with Crippen molar-refractivity contribution in [3.05, 3.63) is 237 Å². The molecule has 0 fully saturated rings. The van der Waals surface area contributed by atoms with Crippen LogP contribution in [0.1, 0.15) is 66.8 Å². The number of aromatic hydroxyl groups is 2. The largest absolute Gasteiger partial charge is 0.508 e. The van der Waals surface area contributed by atoms with E-state index in [1.165, 1.54) is 48.5 Å². The van der Waals surface area contributed by atoms with E-state index in [0.717, 1.165) is 0 Å². The molecular formula is C54H30F12O2. The van der Waals surface area contributed by atoms with Gasteiger partial charge in [0, 0.05) is 0 Å². The molecule has 2 unspecified atom stereocenters. The maximum absolute atomic E-state index is 14.7. The van der Waals surface area contributed by atoms with Gasteiger partial charge in [-0.1, -0.05) is 97.1 Å². The van der Waals surface area contributed by atoms with Crippen LogP contribution in [0.5, 0.6) is 11.5 Å². The maximum Gasteiger partial charge on any atom is 0.416 e. The highest BCUT2D eigenvalue weighted by atomic mass is 19.4. The summed E-state index contributed by atoms with van der Waals surface area (Å²) in [6, 6.07) is 36.3. The molecule has 14 heteroatoms. The van der Waals surface area contributed by atoms with Gasteiger partial charge in [0.05, 0.1) is 33.1 Å². The van der Waals surface area contributed by atoms with E-state index < -0.39 is 68.9 Å². The summed E-state index contributed by atoms with van der Waals surface area (Å²) in [6.07, 6.45) is -20.9. The molecule has 0 radical (unpaired) electrons. The standard InChI is InChI=1S/C54H30F12O2/c55-51(56,57)35-23-33(24-36(27-35)52(58,59)60)49(31-11-15-39(67)16-12-31)45-7-3-1-5-41(45)43-19-9-29(21-47(43)49)30-10-20-44-42-6-2-4-8-46(42)50(48(44)22-30,32-13-17-40(68)18-14-32)34-25-37(53(61,62)63)28-38(26-34)54(64,65)66/h1-28,67-68H. The van der Waals surface area contributed by atoms with E-state index in [2.05, 4.69) is 0 Å². The zero-order valence-electron chi connectivity index (χ0n) is 34.6. The summed E-state index contributed by atoms with van der Waals surface area (Å²) < 4.78 is 176. The van der Waals surface area contributed by atoms with Gasteiger partial charge in [-0.3, -0.25) is 0 Å². The normalized spacial score (nSPS) is 17.6. The Hall–Kier alpha value is -7.48. The van der Waals surface area contributed by atoms with Gasteiger partial charge in [0.25, 0.3) is 0 Å². The Morgan fingerprint density at radius 3 is 0.882 bits per heavy atom. The molecule has 2 aliphatic carbocycles. The van der Waals surface area contributed by atoms with E-state index in [0.29, 0.717) is 68.8 Å². The summed E-state index contributed by atoms with van der Waals surface area (Å²) >= 11 is 0. The first-order chi connectivity index (χ1) is 32.0. The number of hydrogen-bond donors (Lipinski definition) is 2. The van der Waals surface area contributed by atoms with Crippen molar-refractivity contribution in [1.82, 2.24) is 0 Å². The van der Waals surface area contributed by atoms with E-state index in [4.69, 9.17) is 0 Å². The number of hydrogen-bond acceptors (Lipinski definition) is 2. The number of rotatable bonds is 5. The Balaban J connectivity index is 1.29. The highest BCUT2D eigenvalue weighted by Gasteiger charge is 2.51. The van der Waals surface area contributed by atoms with Crippen molar-refractivity contribution < 1.29 is 62.9 Å². The first-order valence-corrected chi connectivity index (χ1v) is 20.7. The fraction of sp³-hybridized carbons (Fsp3) is 0.111. The minimum Gasteiger partial charge on any atom is -0.508 e. The first kappa shape index (κ1) is 44.4. The van der Waals surface area contributed by atoms with Crippen molar-refractivity contribution in [3.63, 3.8) is 0 Å². The van der Waals surface area contributed by atoms with E-state index in [1.54, 1.807) is 84.9 Å². The summed E-state index contributed by atoms with van der Waals surface area (Å²) in [4.78, 5) is 0. The Bertz CT molecular complexity index is 3020. The number of fused-ring (bicyclic) bond motifs is 6. The molecule has 0 saturated heterocycles. The van der Waals surface area contributed by atoms with Crippen LogP contribution in [0, 0.1) is 0 Å². The van der Waals surface area contributed by atoms with Crippen molar-refractivity contribution in [2.24, 2.45) is 0 Å². The zero-order valence-corrected chi connectivity index (χ0v) is 34.6. The Labute approximate surface area is 379 Å². The van der Waals surface area contributed by atoms with Crippen LogP contribution in [0.2, 0.25) is 0 Å². The third kappa shape index (κ3) is 6.82. The molecule has 0 aliphatic heterocycles. The smallest absolute Gasteiger partial charge is 0.416 e. The molecule has 2 aliphatic rings. The second-order valence-corrected chi connectivity index (χ2v) is 16.8. The summed E-state index contributed by atoms with van der Waals surface area (Å²) in [5, 5.41) is 20.8. The van der Waals surface area contributed by atoms with Gasteiger partial charge < -0.3 is 10.2 Å². The van der Waals surface area contributed by atoms with Gasteiger partial charge in [0.2, 0.25) is 0 Å². The number of phenolic OH excluding ortho intramolecular Hbond substituents is 2. The molecule has 68 heavy (non-hydrogen) atoms. The zero-order chi connectivity index (χ0) is 48.3. The van der Waals surface area contributed by atoms with Crippen LogP contribution < -0.4 is 0 Å². The lowest BCUT2D eigenvalue weighted by Gasteiger charge is -2.35. The van der Waals surface area contributed by atoms with Crippen LogP contribution in [0.15, 0.2) is 170 Å². The molecule has 10 rings (SSSR count). The van der Waals surface area contributed by atoms with Gasteiger partial charge in [-0.15, -0.1) is 0 Å². The SMILES string of the molecule is Oc1ccc(C2(c3cc(C(F)(F)F)cc(C(F)(F)F)c3)c3ccccc3-c3ccc(-c4ccc5c(c4)C(c4ccc(O)cc4)(c4cc(C(F)(F)F)cc(C(F)(F)F)c4)c4ccccc4-5)cc32)cc1. The predicted molar refractivity (Wildman–Crippen MR) is 230 cm³/mol. The number of halogens is 12. The van der Waals surface area contributed by atoms with E-state index in [-0.39, 0.29) is 45.9 Å². The highest BCUT2D eigenvalue weighted by Crippen LogP contribution is 2.60. The monoisotopic (exact) mass is 938 g/mol. The Morgan fingerprint density at radius 2 is 0.574 bits per heavy atom. The van der Waals surface area contributed by atoms with Crippen LogP contribution in [0.25, 0.3) is 33.4 Å². The van der Waals surface area contributed by atoms with Crippen molar-refractivity contribution in [2.75, 3.05) is 0 Å². The molecule has 0 bridgehead atoms. The van der Waals surface area contributed by atoms with Gasteiger partial charge in [-0.25, -0.2) is 0 Å². The van der Waals surface area contributed by atoms with Gasteiger partial charge >= 0.3 is 24.7 Å². The van der Waals surface area contributed by atoms with Crippen LogP contribution in [0.3, 0.4) is 0 Å². The van der Waals surface area contributed by atoms with E-state index in [1.807, 2.05) is 0 Å². The van der Waals surface area contributed by atoms with Gasteiger partial charge in [-0.05, 0) is 151 Å². The first-order valence-electron chi connectivity index (χ1n) is 20.7. The maximum atomic E-state index is 14.7. The number of benzene rings is 8. The fourth-order valence-corrected chi connectivity index (χ4v) is 10.3. The van der Waals surface area contributed by atoms with Crippen molar-refractivity contribution in [1.29, 1.82) is 0 Å². The second-order valence-electron chi connectivity index (χ2n) is 16.8. The van der Waals surface area contributed by atoms with E-state index >= 15 is 0 Å². The van der Waals surface area contributed by atoms with Gasteiger partial charge in [0.1, 0.15) is 11.5 Å². The summed E-state index contributed by atoms with van der Waals surface area (Å²) in [5.74, 6) is -0.466. The van der Waals surface area contributed by atoms with Crippen LogP contribution in [-0.4, -0.2) is 10.2 Å². The molecular weight excluding hydrogens is 909 g/mol. The second kappa shape index (κ2) is 15.0. The molecule has 0 spiro atoms. The van der Waals surface area contributed by atoms with E-state index in [9.17, 15) is 62.9 Å². The minimum atomic E-state index is -5.22. The van der Waals surface area contributed by atoms with Crippen LogP contribution in [-0.2, 0) is 35.5 Å². The highest BCUT2D eigenvalue weighted by molar-refractivity contribution is 5.91. The van der Waals surface area contributed by atoms with Gasteiger partial charge in [-0.2, -0.15) is 52.7 Å². The molecule has 0 saturated carbocycles. The molecule has 0 amide bonds.